The standard InChI is InChI=1S/C33H28ClN7O2/c1-20-27(31(40-19-35-18-36-40)41(38-20)23-8-3-2-4-9-23)28-26-12-7-17-39(26)33(24-10-5-6-11-25(24)37-32(33)43)29(28)30(42)21-13-15-22(34)16-14-21/h2-6,8-11,13-16,18-19,26,28-29H,7,12,17H2,1H3,(H,37,43). The number of para-hydroxylation sites is 2. The summed E-state index contributed by atoms with van der Waals surface area (Å²) in [5.41, 5.74) is 3.48. The van der Waals surface area contributed by atoms with Gasteiger partial charge in [-0.15, -0.1) is 0 Å². The molecule has 2 aromatic heterocycles. The molecule has 4 atom stereocenters. The monoisotopic (exact) mass is 589 g/mol. The Labute approximate surface area is 253 Å². The summed E-state index contributed by atoms with van der Waals surface area (Å²) in [6.45, 7) is 2.68. The van der Waals surface area contributed by atoms with Gasteiger partial charge in [0.25, 0.3) is 0 Å². The van der Waals surface area contributed by atoms with E-state index in [4.69, 9.17) is 16.7 Å². The summed E-state index contributed by atoms with van der Waals surface area (Å²) in [5, 5.41) is 13.3. The van der Waals surface area contributed by atoms with Gasteiger partial charge in [0, 0.05) is 39.4 Å². The predicted octanol–water partition coefficient (Wildman–Crippen LogP) is 5.32. The predicted molar refractivity (Wildman–Crippen MR) is 162 cm³/mol. The Hall–Kier alpha value is -4.60. The molecule has 1 amide bonds. The van der Waals surface area contributed by atoms with Gasteiger partial charge in [-0.2, -0.15) is 10.2 Å². The third-order valence-electron chi connectivity index (χ3n) is 9.37. The highest BCUT2D eigenvalue weighted by atomic mass is 35.5. The van der Waals surface area contributed by atoms with Gasteiger partial charge in [-0.3, -0.25) is 14.5 Å². The quantitative estimate of drug-likeness (QED) is 0.279. The molecule has 3 aliphatic heterocycles. The van der Waals surface area contributed by atoms with Crippen molar-refractivity contribution in [2.24, 2.45) is 5.92 Å². The van der Waals surface area contributed by atoms with Crippen molar-refractivity contribution >= 4 is 29.0 Å². The minimum Gasteiger partial charge on any atom is -0.324 e. The zero-order valence-electron chi connectivity index (χ0n) is 23.4. The Morgan fingerprint density at radius 1 is 1.02 bits per heavy atom. The number of halogens is 1. The number of anilines is 1. The maximum Gasteiger partial charge on any atom is 0.250 e. The summed E-state index contributed by atoms with van der Waals surface area (Å²) in [6.07, 6.45) is 4.92. The third kappa shape index (κ3) is 3.64. The minimum atomic E-state index is -1.18. The second-order valence-corrected chi connectivity index (χ2v) is 11.9. The molecule has 0 aliphatic carbocycles. The second kappa shape index (κ2) is 9.72. The molecule has 0 bridgehead atoms. The van der Waals surface area contributed by atoms with Crippen LogP contribution in [0.3, 0.4) is 0 Å². The molecule has 9 nitrogen and oxygen atoms in total. The summed E-state index contributed by atoms with van der Waals surface area (Å²) >= 11 is 6.24. The zero-order valence-corrected chi connectivity index (χ0v) is 24.1. The first-order valence-corrected chi connectivity index (χ1v) is 14.9. The summed E-state index contributed by atoms with van der Waals surface area (Å²) < 4.78 is 3.59. The summed E-state index contributed by atoms with van der Waals surface area (Å²) in [6, 6.07) is 24.6. The average molecular weight is 590 g/mol. The number of aromatic nitrogens is 5. The van der Waals surface area contributed by atoms with E-state index in [9.17, 15) is 9.59 Å². The van der Waals surface area contributed by atoms with Crippen molar-refractivity contribution in [1.29, 1.82) is 0 Å². The van der Waals surface area contributed by atoms with Gasteiger partial charge in [0.05, 0.1) is 17.3 Å². The van der Waals surface area contributed by atoms with Crippen LogP contribution in [0, 0.1) is 12.8 Å². The number of Topliss-reactive ketones (excluding diaryl/α,β-unsaturated/α-hetero) is 1. The molecule has 43 heavy (non-hydrogen) atoms. The molecule has 4 unspecified atom stereocenters. The van der Waals surface area contributed by atoms with E-state index >= 15 is 0 Å². The van der Waals surface area contributed by atoms with Gasteiger partial charge in [-0.25, -0.2) is 14.3 Å². The van der Waals surface area contributed by atoms with Crippen molar-refractivity contribution in [2.45, 2.75) is 37.3 Å². The zero-order chi connectivity index (χ0) is 29.3. The van der Waals surface area contributed by atoms with Crippen molar-refractivity contribution in [1.82, 2.24) is 29.4 Å². The number of aryl methyl sites for hydroxylation is 1. The molecule has 214 valence electrons. The lowest BCUT2D eigenvalue weighted by Crippen LogP contribution is -2.52. The molecule has 10 heteroatoms. The van der Waals surface area contributed by atoms with Crippen molar-refractivity contribution in [3.63, 3.8) is 0 Å². The van der Waals surface area contributed by atoms with Gasteiger partial charge in [0.1, 0.15) is 18.2 Å². The first-order valence-electron chi connectivity index (χ1n) is 14.5. The molecule has 5 aromatic rings. The number of carbonyl (C=O) groups is 2. The van der Waals surface area contributed by atoms with Gasteiger partial charge >= 0.3 is 0 Å². The summed E-state index contributed by atoms with van der Waals surface area (Å²) in [7, 11) is 0. The largest absolute Gasteiger partial charge is 0.324 e. The van der Waals surface area contributed by atoms with E-state index in [1.165, 1.54) is 6.33 Å². The van der Waals surface area contributed by atoms with Crippen LogP contribution in [0.25, 0.3) is 11.5 Å². The molecular formula is C33H28ClN7O2. The van der Waals surface area contributed by atoms with Gasteiger partial charge in [-0.1, -0.05) is 48.0 Å². The fourth-order valence-corrected chi connectivity index (χ4v) is 7.96. The fourth-order valence-electron chi connectivity index (χ4n) is 7.83. The number of amides is 1. The number of carbonyl (C=O) groups excluding carboxylic acids is 2. The molecule has 8 rings (SSSR count). The highest BCUT2D eigenvalue weighted by Crippen LogP contribution is 2.62. The molecule has 2 fully saturated rings. The van der Waals surface area contributed by atoms with Crippen LogP contribution < -0.4 is 5.32 Å². The Balaban J connectivity index is 1.43. The van der Waals surface area contributed by atoms with Gasteiger partial charge < -0.3 is 5.32 Å². The minimum absolute atomic E-state index is 0.0763. The maximum atomic E-state index is 15.0. The van der Waals surface area contributed by atoms with Crippen molar-refractivity contribution in [3.05, 3.63) is 119 Å². The van der Waals surface area contributed by atoms with Crippen molar-refractivity contribution in [3.8, 4) is 11.5 Å². The van der Waals surface area contributed by atoms with Gasteiger partial charge in [0.15, 0.2) is 11.6 Å². The van der Waals surface area contributed by atoms with Crippen LogP contribution in [0.4, 0.5) is 5.69 Å². The topological polar surface area (TPSA) is 97.9 Å². The van der Waals surface area contributed by atoms with Gasteiger partial charge in [0.2, 0.25) is 5.91 Å². The summed E-state index contributed by atoms with van der Waals surface area (Å²) in [5.74, 6) is -0.642. The Kier molecular flexibility index (Phi) is 5.89. The fraction of sp³-hybridized carbons (Fsp3) is 0.242. The van der Waals surface area contributed by atoms with Crippen LogP contribution in [0.2, 0.25) is 5.02 Å². The molecule has 2 saturated heterocycles. The van der Waals surface area contributed by atoms with Crippen LogP contribution in [0.5, 0.6) is 0 Å². The lowest BCUT2D eigenvalue weighted by Gasteiger charge is -2.36. The van der Waals surface area contributed by atoms with Crippen LogP contribution in [-0.4, -0.2) is 53.7 Å². The molecule has 5 heterocycles. The van der Waals surface area contributed by atoms with Crippen LogP contribution in [0.1, 0.15) is 45.9 Å². The van der Waals surface area contributed by atoms with Crippen molar-refractivity contribution < 1.29 is 9.59 Å². The van der Waals surface area contributed by atoms with Gasteiger partial charge in [-0.05, 0) is 68.8 Å². The Morgan fingerprint density at radius 2 is 1.79 bits per heavy atom. The lowest BCUT2D eigenvalue weighted by atomic mass is 9.68. The average Bonchev–Trinajstić information content (AvgIpc) is 3.84. The molecule has 0 saturated carbocycles. The normalized spacial score (nSPS) is 24.3. The molecule has 0 radical (unpaired) electrons. The number of nitrogens with zero attached hydrogens (tertiary/aromatic N) is 6. The Bertz CT molecular complexity index is 1870. The lowest BCUT2D eigenvalue weighted by molar-refractivity contribution is -0.127. The number of ketones is 1. The number of fused-ring (bicyclic) bond motifs is 4. The van der Waals surface area contributed by atoms with E-state index in [2.05, 4.69) is 20.3 Å². The first-order chi connectivity index (χ1) is 21.0. The molecular weight excluding hydrogens is 562 g/mol. The van der Waals surface area contributed by atoms with E-state index in [0.717, 1.165) is 46.9 Å². The molecule has 3 aliphatic rings. The molecule has 3 aromatic carbocycles. The number of rotatable bonds is 5. The van der Waals surface area contributed by atoms with Crippen LogP contribution >= 0.6 is 11.6 Å². The van der Waals surface area contributed by atoms with Crippen molar-refractivity contribution in [2.75, 3.05) is 11.9 Å². The van der Waals surface area contributed by atoms with Crippen LogP contribution in [-0.2, 0) is 10.3 Å². The maximum absolute atomic E-state index is 15.0. The second-order valence-electron chi connectivity index (χ2n) is 11.5. The van der Waals surface area contributed by atoms with Crippen LogP contribution in [0.15, 0.2) is 91.5 Å². The van der Waals surface area contributed by atoms with E-state index in [1.807, 2.05) is 66.2 Å². The molecule has 1 spiro atoms. The third-order valence-corrected chi connectivity index (χ3v) is 9.62. The van der Waals surface area contributed by atoms with E-state index in [1.54, 1.807) is 35.3 Å². The van der Waals surface area contributed by atoms with E-state index in [-0.39, 0.29) is 23.7 Å². The number of benzene rings is 3. The highest BCUT2D eigenvalue weighted by Gasteiger charge is 2.70. The van der Waals surface area contributed by atoms with E-state index in [0.29, 0.717) is 17.1 Å². The Morgan fingerprint density at radius 3 is 2.56 bits per heavy atom. The SMILES string of the molecule is Cc1nn(-c2ccccc2)c(-n2cncn2)c1C1C2CCCN2C2(C(=O)Nc3ccccc32)C1C(=O)c1ccc(Cl)cc1. The number of nitrogens with one attached hydrogen (secondary N) is 1. The number of hydrogen-bond donors (Lipinski definition) is 1. The highest BCUT2D eigenvalue weighted by molar-refractivity contribution is 6.30. The summed E-state index contributed by atoms with van der Waals surface area (Å²) in [4.78, 5) is 35.9. The number of hydrogen-bond acceptors (Lipinski definition) is 6. The smallest absolute Gasteiger partial charge is 0.250 e. The van der Waals surface area contributed by atoms with E-state index < -0.39 is 11.5 Å². The molecule has 1 N–H and O–H groups in total. The first kappa shape index (κ1) is 26.1.